The minimum Gasteiger partial charge on any atom is -0.372 e. The highest BCUT2D eigenvalue weighted by Gasteiger charge is 2.09. The first kappa shape index (κ1) is 24.5. The second-order valence-electron chi connectivity index (χ2n) is 7.60. The molecule has 0 atom stereocenters. The molecule has 0 saturated heterocycles. The second-order valence-corrected chi connectivity index (χ2v) is 7.60. The van der Waals surface area contributed by atoms with Crippen molar-refractivity contribution in [2.24, 2.45) is 4.99 Å². The molecule has 29 heavy (non-hydrogen) atoms. The fraction of sp³-hybridized carbons (Fsp3) is 0.480. The van der Waals surface area contributed by atoms with Crippen LogP contribution in [0.25, 0.3) is 0 Å². The summed E-state index contributed by atoms with van der Waals surface area (Å²) in [6.45, 7) is 23.1. The van der Waals surface area contributed by atoms with E-state index in [-0.39, 0.29) is 0 Å². The van der Waals surface area contributed by atoms with Crippen molar-refractivity contribution in [2.45, 2.75) is 60.8 Å². The van der Waals surface area contributed by atoms with Crippen LogP contribution < -0.4 is 10.2 Å². The number of rotatable bonds is 12. The minimum absolute atomic E-state index is 0.652. The molecular formula is C25H40N4. The van der Waals surface area contributed by atoms with Gasteiger partial charge in [-0.2, -0.15) is 0 Å². The third-order valence-electron chi connectivity index (χ3n) is 5.08. The van der Waals surface area contributed by atoms with Crippen molar-refractivity contribution in [1.29, 1.82) is 0 Å². The molecular weight excluding hydrogens is 356 g/mol. The molecule has 0 saturated carbocycles. The van der Waals surface area contributed by atoms with Crippen molar-refractivity contribution in [1.82, 2.24) is 4.90 Å². The van der Waals surface area contributed by atoms with E-state index in [1.165, 1.54) is 22.5 Å². The lowest BCUT2D eigenvalue weighted by Crippen LogP contribution is -2.23. The van der Waals surface area contributed by atoms with E-state index in [1.807, 2.05) is 20.2 Å². The third-order valence-corrected chi connectivity index (χ3v) is 5.08. The van der Waals surface area contributed by atoms with Gasteiger partial charge in [0, 0.05) is 55.5 Å². The van der Waals surface area contributed by atoms with Crippen LogP contribution in [-0.4, -0.2) is 31.3 Å². The molecule has 0 radical (unpaired) electrons. The van der Waals surface area contributed by atoms with E-state index in [0.717, 1.165) is 43.7 Å². The number of aryl methyl sites for hydroxylation is 1. The Bertz CT molecular complexity index is 754. The van der Waals surface area contributed by atoms with Gasteiger partial charge in [-0.25, -0.2) is 4.99 Å². The van der Waals surface area contributed by atoms with E-state index in [2.05, 4.69) is 86.1 Å². The molecule has 0 unspecified atom stereocenters. The number of hydrogen-bond donors (Lipinski definition) is 1. The fourth-order valence-corrected chi connectivity index (χ4v) is 3.27. The number of allylic oxidation sites excluding steroid dienone is 3. The van der Waals surface area contributed by atoms with E-state index in [4.69, 9.17) is 0 Å². The molecule has 0 bridgehead atoms. The molecule has 0 fully saturated rings. The summed E-state index contributed by atoms with van der Waals surface area (Å²) in [4.78, 5) is 9.05. The number of aliphatic imine (C=N–C) groups is 1. The van der Waals surface area contributed by atoms with E-state index in [1.54, 1.807) is 0 Å². The molecule has 0 aliphatic heterocycles. The SMILES string of the molecule is C=C(/N=C/CC(=C(C)C)N(C)C(=C)C)Nc1ccc(N(CC)CCC)cc1CC. The van der Waals surface area contributed by atoms with Gasteiger partial charge in [0.1, 0.15) is 5.82 Å². The monoisotopic (exact) mass is 396 g/mol. The Balaban J connectivity index is 2.87. The number of nitrogens with zero attached hydrogens (tertiary/aromatic N) is 3. The van der Waals surface area contributed by atoms with Crippen molar-refractivity contribution in [3.05, 3.63) is 59.7 Å². The van der Waals surface area contributed by atoms with Crippen LogP contribution in [0.15, 0.2) is 59.1 Å². The van der Waals surface area contributed by atoms with Gasteiger partial charge in [0.15, 0.2) is 0 Å². The standard InChI is InChI=1S/C25H40N4/c1-10-17-29(12-3)23-13-14-24(22(11-2)18-23)27-21(8)26-16-15-25(19(4)5)28(9)20(6)7/h13-14,16,18,27H,6,8,10-12,15,17H2,1-5,7,9H3/b26-16+. The zero-order valence-electron chi connectivity index (χ0n) is 19.6. The number of anilines is 2. The maximum Gasteiger partial charge on any atom is 0.122 e. The lowest BCUT2D eigenvalue weighted by atomic mass is 10.1. The number of nitrogens with one attached hydrogen (secondary N) is 1. The molecule has 1 aromatic carbocycles. The van der Waals surface area contributed by atoms with Gasteiger partial charge < -0.3 is 15.1 Å². The van der Waals surface area contributed by atoms with Crippen molar-refractivity contribution >= 4 is 17.6 Å². The maximum absolute atomic E-state index is 4.53. The van der Waals surface area contributed by atoms with Gasteiger partial charge in [-0.3, -0.25) is 0 Å². The third kappa shape index (κ3) is 7.45. The van der Waals surface area contributed by atoms with Gasteiger partial charge in [0.2, 0.25) is 0 Å². The van der Waals surface area contributed by atoms with Gasteiger partial charge in [-0.15, -0.1) is 0 Å². The first-order chi connectivity index (χ1) is 13.7. The molecule has 4 nitrogen and oxygen atoms in total. The summed E-state index contributed by atoms with van der Waals surface area (Å²) in [6, 6.07) is 6.60. The second kappa shape index (κ2) is 12.2. The topological polar surface area (TPSA) is 30.9 Å². The first-order valence-corrected chi connectivity index (χ1v) is 10.7. The summed E-state index contributed by atoms with van der Waals surface area (Å²) >= 11 is 0. The van der Waals surface area contributed by atoms with E-state index in [0.29, 0.717) is 5.82 Å². The normalized spacial score (nSPS) is 10.7. The van der Waals surface area contributed by atoms with Crippen LogP contribution in [-0.2, 0) is 6.42 Å². The van der Waals surface area contributed by atoms with Gasteiger partial charge in [0.05, 0.1) is 0 Å². The molecule has 0 aromatic heterocycles. The predicted molar refractivity (Wildman–Crippen MR) is 131 cm³/mol. The van der Waals surface area contributed by atoms with Crippen LogP contribution in [0.4, 0.5) is 11.4 Å². The smallest absolute Gasteiger partial charge is 0.122 e. The van der Waals surface area contributed by atoms with E-state index in [9.17, 15) is 0 Å². The number of benzene rings is 1. The van der Waals surface area contributed by atoms with Crippen LogP contribution in [0.2, 0.25) is 0 Å². The molecule has 0 heterocycles. The lowest BCUT2D eigenvalue weighted by Gasteiger charge is -2.24. The van der Waals surface area contributed by atoms with Crippen molar-refractivity contribution < 1.29 is 0 Å². The minimum atomic E-state index is 0.652. The Hall–Kier alpha value is -2.49. The summed E-state index contributed by atoms with van der Waals surface area (Å²) in [5.41, 5.74) is 7.12. The highest BCUT2D eigenvalue weighted by Crippen LogP contribution is 2.25. The Morgan fingerprint density at radius 2 is 1.83 bits per heavy atom. The number of hydrogen-bond acceptors (Lipinski definition) is 4. The van der Waals surface area contributed by atoms with Gasteiger partial charge in [0.25, 0.3) is 0 Å². The van der Waals surface area contributed by atoms with Crippen LogP contribution in [0.5, 0.6) is 0 Å². The Morgan fingerprint density at radius 3 is 2.34 bits per heavy atom. The van der Waals surface area contributed by atoms with Crippen molar-refractivity contribution in [3.8, 4) is 0 Å². The molecule has 1 rings (SSSR count). The fourth-order valence-electron chi connectivity index (χ4n) is 3.27. The lowest BCUT2D eigenvalue weighted by molar-refractivity contribution is 0.509. The van der Waals surface area contributed by atoms with Crippen LogP contribution in [0.1, 0.15) is 59.9 Å². The van der Waals surface area contributed by atoms with Crippen LogP contribution >= 0.6 is 0 Å². The van der Waals surface area contributed by atoms with E-state index >= 15 is 0 Å². The van der Waals surface area contributed by atoms with Crippen LogP contribution in [0.3, 0.4) is 0 Å². The molecule has 1 N–H and O–H groups in total. The first-order valence-electron chi connectivity index (χ1n) is 10.7. The summed E-state index contributed by atoms with van der Waals surface area (Å²) in [5, 5.41) is 3.37. The van der Waals surface area contributed by atoms with Gasteiger partial charge in [-0.05, 0) is 64.3 Å². The Morgan fingerprint density at radius 1 is 1.14 bits per heavy atom. The molecule has 0 aliphatic rings. The highest BCUT2D eigenvalue weighted by molar-refractivity contribution is 5.66. The quantitative estimate of drug-likeness (QED) is 0.404. The van der Waals surface area contributed by atoms with Crippen molar-refractivity contribution in [3.63, 3.8) is 0 Å². The average Bonchev–Trinajstić information content (AvgIpc) is 2.68. The maximum atomic E-state index is 4.53. The van der Waals surface area contributed by atoms with E-state index < -0.39 is 0 Å². The summed E-state index contributed by atoms with van der Waals surface area (Å²) < 4.78 is 0. The Kier molecular flexibility index (Phi) is 10.3. The van der Waals surface area contributed by atoms with Gasteiger partial charge >= 0.3 is 0 Å². The molecule has 0 amide bonds. The molecule has 4 heteroatoms. The van der Waals surface area contributed by atoms with Gasteiger partial charge in [-0.1, -0.05) is 32.6 Å². The average molecular weight is 397 g/mol. The highest BCUT2D eigenvalue weighted by atomic mass is 15.1. The zero-order valence-corrected chi connectivity index (χ0v) is 19.6. The van der Waals surface area contributed by atoms with Crippen LogP contribution in [0, 0.1) is 0 Å². The summed E-state index contributed by atoms with van der Waals surface area (Å²) in [6.07, 6.45) is 4.77. The predicted octanol–water partition coefficient (Wildman–Crippen LogP) is 6.59. The zero-order chi connectivity index (χ0) is 22.0. The summed E-state index contributed by atoms with van der Waals surface area (Å²) in [5.74, 6) is 0.652. The molecule has 160 valence electrons. The summed E-state index contributed by atoms with van der Waals surface area (Å²) in [7, 11) is 2.04. The van der Waals surface area contributed by atoms with Crippen molar-refractivity contribution in [2.75, 3.05) is 30.4 Å². The molecule has 0 aliphatic carbocycles. The molecule has 1 aromatic rings. The Labute approximate surface area is 178 Å². The largest absolute Gasteiger partial charge is 0.372 e. The molecule has 0 spiro atoms.